The predicted octanol–water partition coefficient (Wildman–Crippen LogP) is 1.81. The number of morpholine rings is 1. The molecule has 1 aliphatic heterocycles. The van der Waals surface area contributed by atoms with Gasteiger partial charge in [0, 0.05) is 31.9 Å². The average Bonchev–Trinajstić information content (AvgIpc) is 2.50. The summed E-state index contributed by atoms with van der Waals surface area (Å²) in [6, 6.07) is 4.41. The van der Waals surface area contributed by atoms with Crippen molar-refractivity contribution in [1.29, 1.82) is 0 Å². The number of rotatable bonds is 5. The van der Waals surface area contributed by atoms with E-state index in [4.69, 9.17) is 27.9 Å². The van der Waals surface area contributed by atoms with Crippen LogP contribution < -0.4 is 10.6 Å². The number of carbonyl (C=O) groups is 1. The highest BCUT2D eigenvalue weighted by molar-refractivity contribution is 6.42. The average molecular weight is 348 g/mol. The molecule has 1 atom stereocenters. The number of benzene rings is 1. The highest BCUT2D eigenvalue weighted by atomic mass is 35.5. The van der Waals surface area contributed by atoms with Gasteiger partial charge in [0.1, 0.15) is 0 Å². The second kappa shape index (κ2) is 8.55. The third kappa shape index (κ3) is 5.62. The van der Waals surface area contributed by atoms with Gasteiger partial charge in [-0.15, -0.1) is 0 Å². The molecule has 2 amide bonds. The highest BCUT2D eigenvalue weighted by Gasteiger charge is 2.15. The number of anilines is 1. The molecule has 22 heavy (non-hydrogen) atoms. The van der Waals surface area contributed by atoms with Crippen molar-refractivity contribution in [1.82, 2.24) is 10.2 Å². The molecule has 0 bridgehead atoms. The fourth-order valence-corrected chi connectivity index (χ4v) is 2.40. The number of carbonyl (C=O) groups excluding carboxylic acids is 1. The van der Waals surface area contributed by atoms with Crippen molar-refractivity contribution in [3.05, 3.63) is 28.2 Å². The zero-order valence-electron chi connectivity index (χ0n) is 12.0. The van der Waals surface area contributed by atoms with Crippen LogP contribution in [0.25, 0.3) is 0 Å². The van der Waals surface area contributed by atoms with E-state index < -0.39 is 12.1 Å². The lowest BCUT2D eigenvalue weighted by molar-refractivity contribution is 0.0154. The summed E-state index contributed by atoms with van der Waals surface area (Å²) in [4.78, 5) is 13.9. The molecule has 0 saturated carbocycles. The fraction of sp³-hybridized carbons (Fsp3) is 0.500. The maximum atomic E-state index is 11.8. The summed E-state index contributed by atoms with van der Waals surface area (Å²) in [5, 5.41) is 16.0. The number of nitrogens with one attached hydrogen (secondary N) is 2. The van der Waals surface area contributed by atoms with Crippen LogP contribution in [0, 0.1) is 0 Å². The van der Waals surface area contributed by atoms with Crippen molar-refractivity contribution < 1.29 is 14.6 Å². The van der Waals surface area contributed by atoms with Gasteiger partial charge in [0.05, 0.1) is 29.4 Å². The first kappa shape index (κ1) is 17.3. The van der Waals surface area contributed by atoms with E-state index in [0.29, 0.717) is 35.5 Å². The largest absolute Gasteiger partial charge is 0.390 e. The smallest absolute Gasteiger partial charge is 0.319 e. The van der Waals surface area contributed by atoms with Gasteiger partial charge in [-0.3, -0.25) is 4.90 Å². The molecular formula is C14H19Cl2N3O3. The third-order valence-electron chi connectivity index (χ3n) is 3.25. The Morgan fingerprint density at radius 2 is 2.05 bits per heavy atom. The quantitative estimate of drug-likeness (QED) is 0.759. The first-order valence-electron chi connectivity index (χ1n) is 7.02. The lowest BCUT2D eigenvalue weighted by atomic mass is 10.3. The van der Waals surface area contributed by atoms with Gasteiger partial charge in [-0.05, 0) is 18.2 Å². The highest BCUT2D eigenvalue weighted by Crippen LogP contribution is 2.24. The van der Waals surface area contributed by atoms with E-state index in [1.54, 1.807) is 18.2 Å². The molecule has 6 nitrogen and oxygen atoms in total. The molecule has 0 radical (unpaired) electrons. The molecule has 8 heteroatoms. The van der Waals surface area contributed by atoms with Gasteiger partial charge in [-0.2, -0.15) is 0 Å². The van der Waals surface area contributed by atoms with Crippen molar-refractivity contribution in [2.24, 2.45) is 0 Å². The van der Waals surface area contributed by atoms with E-state index in [1.165, 1.54) is 0 Å². The zero-order chi connectivity index (χ0) is 15.9. The van der Waals surface area contributed by atoms with Crippen LogP contribution in [0.2, 0.25) is 10.0 Å². The van der Waals surface area contributed by atoms with Gasteiger partial charge < -0.3 is 20.5 Å². The summed E-state index contributed by atoms with van der Waals surface area (Å²) >= 11 is 11.7. The van der Waals surface area contributed by atoms with Crippen LogP contribution >= 0.6 is 23.2 Å². The normalized spacial score (nSPS) is 17.0. The Hall–Kier alpha value is -1.05. The molecule has 1 fully saturated rings. The molecule has 0 aliphatic carbocycles. The Morgan fingerprint density at radius 3 is 2.73 bits per heavy atom. The number of aliphatic hydroxyl groups is 1. The molecular weight excluding hydrogens is 329 g/mol. The summed E-state index contributed by atoms with van der Waals surface area (Å²) in [6.45, 7) is 3.63. The summed E-state index contributed by atoms with van der Waals surface area (Å²) in [5.41, 5.74) is 0.537. The van der Waals surface area contributed by atoms with Crippen molar-refractivity contribution in [2.75, 3.05) is 44.7 Å². The Morgan fingerprint density at radius 1 is 1.32 bits per heavy atom. The molecule has 1 aromatic carbocycles. The maximum absolute atomic E-state index is 11.8. The van der Waals surface area contributed by atoms with E-state index >= 15 is 0 Å². The molecule has 1 aliphatic rings. The second-order valence-corrected chi connectivity index (χ2v) is 5.85. The van der Waals surface area contributed by atoms with Crippen LogP contribution in [0.3, 0.4) is 0 Å². The summed E-state index contributed by atoms with van der Waals surface area (Å²) in [5.74, 6) is 0. The Kier molecular flexibility index (Phi) is 6.72. The van der Waals surface area contributed by atoms with E-state index in [2.05, 4.69) is 15.5 Å². The van der Waals surface area contributed by atoms with E-state index in [9.17, 15) is 9.90 Å². The number of nitrogens with zero attached hydrogens (tertiary/aromatic N) is 1. The molecule has 0 spiro atoms. The number of hydrogen-bond acceptors (Lipinski definition) is 4. The van der Waals surface area contributed by atoms with E-state index in [1.807, 2.05) is 0 Å². The van der Waals surface area contributed by atoms with Crippen molar-refractivity contribution in [2.45, 2.75) is 6.10 Å². The molecule has 1 heterocycles. The number of aliphatic hydroxyl groups excluding tert-OH is 1. The number of amides is 2. The van der Waals surface area contributed by atoms with E-state index in [-0.39, 0.29) is 6.54 Å². The molecule has 0 aromatic heterocycles. The van der Waals surface area contributed by atoms with Crippen LogP contribution in [0.15, 0.2) is 18.2 Å². The fourth-order valence-electron chi connectivity index (χ4n) is 2.11. The van der Waals surface area contributed by atoms with Gasteiger partial charge in [-0.25, -0.2) is 4.79 Å². The molecule has 122 valence electrons. The van der Waals surface area contributed by atoms with Crippen molar-refractivity contribution in [3.63, 3.8) is 0 Å². The molecule has 1 saturated heterocycles. The van der Waals surface area contributed by atoms with Gasteiger partial charge in [0.25, 0.3) is 0 Å². The number of urea groups is 1. The minimum absolute atomic E-state index is 0.171. The third-order valence-corrected chi connectivity index (χ3v) is 3.99. The predicted molar refractivity (Wildman–Crippen MR) is 86.7 cm³/mol. The number of ether oxygens (including phenoxy) is 1. The first-order valence-corrected chi connectivity index (χ1v) is 7.78. The monoisotopic (exact) mass is 347 g/mol. The van der Waals surface area contributed by atoms with E-state index in [0.717, 1.165) is 13.1 Å². The van der Waals surface area contributed by atoms with Crippen LogP contribution in [0.5, 0.6) is 0 Å². The maximum Gasteiger partial charge on any atom is 0.319 e. The van der Waals surface area contributed by atoms with Gasteiger partial charge in [0.2, 0.25) is 0 Å². The van der Waals surface area contributed by atoms with Crippen LogP contribution in [0.4, 0.5) is 10.5 Å². The Bertz CT molecular complexity index is 510. The zero-order valence-corrected chi connectivity index (χ0v) is 13.5. The van der Waals surface area contributed by atoms with Gasteiger partial charge >= 0.3 is 6.03 Å². The minimum atomic E-state index is -0.627. The van der Waals surface area contributed by atoms with Crippen LogP contribution in [0.1, 0.15) is 0 Å². The van der Waals surface area contributed by atoms with Crippen LogP contribution in [-0.4, -0.2) is 61.5 Å². The Labute approximate surface area is 139 Å². The molecule has 1 unspecified atom stereocenters. The van der Waals surface area contributed by atoms with Gasteiger partial charge in [-0.1, -0.05) is 23.2 Å². The summed E-state index contributed by atoms with van der Waals surface area (Å²) in [6.07, 6.45) is -0.627. The van der Waals surface area contributed by atoms with Crippen molar-refractivity contribution >= 4 is 34.9 Å². The SMILES string of the molecule is O=C(NCC(O)CN1CCOCC1)Nc1ccc(Cl)c(Cl)c1. The Balaban J connectivity index is 1.71. The molecule has 2 rings (SSSR count). The number of hydrogen-bond donors (Lipinski definition) is 3. The summed E-state index contributed by atoms with van der Waals surface area (Å²) in [7, 11) is 0. The second-order valence-electron chi connectivity index (χ2n) is 5.03. The molecule has 3 N–H and O–H groups in total. The lowest BCUT2D eigenvalue weighted by Gasteiger charge is -2.28. The standard InChI is InChI=1S/C14H19Cl2N3O3/c15-12-2-1-10(7-13(12)16)18-14(21)17-8-11(20)9-19-3-5-22-6-4-19/h1-2,7,11,20H,3-6,8-9H2,(H2,17,18,21). The van der Waals surface area contributed by atoms with Crippen LogP contribution in [-0.2, 0) is 4.74 Å². The molecule has 1 aromatic rings. The van der Waals surface area contributed by atoms with Crippen molar-refractivity contribution in [3.8, 4) is 0 Å². The van der Waals surface area contributed by atoms with Gasteiger partial charge in [0.15, 0.2) is 0 Å². The number of halogens is 2. The topological polar surface area (TPSA) is 73.8 Å². The summed E-state index contributed by atoms with van der Waals surface area (Å²) < 4.78 is 5.24. The lowest BCUT2D eigenvalue weighted by Crippen LogP contribution is -2.45. The number of β-amino-alcohol motifs (C(OH)–C–C–N with tert-alkyl or cyclic N) is 1. The first-order chi connectivity index (χ1) is 10.5. The minimum Gasteiger partial charge on any atom is -0.390 e.